The lowest BCUT2D eigenvalue weighted by Crippen LogP contribution is -2.24. The van der Waals surface area contributed by atoms with Gasteiger partial charge in [-0.15, -0.1) is 0 Å². The van der Waals surface area contributed by atoms with E-state index in [1.165, 1.54) is 39.5 Å². The topological polar surface area (TPSA) is 118 Å². The second kappa shape index (κ2) is 6.72. The summed E-state index contributed by atoms with van der Waals surface area (Å²) in [4.78, 5) is 0. The standard InChI is InChI=1S/C18H20O8/c1-23-14-5-9-13(6-11(14)19)26-7-10(15(9)21)8-4-12(20)17(24-2)18(25-3)16(8)22/h4-6,10,15,19-22H,7H2,1-3H3/t10-,15+/m1/s1. The lowest BCUT2D eigenvalue weighted by molar-refractivity contribution is 0.0868. The molecule has 26 heavy (non-hydrogen) atoms. The van der Waals surface area contributed by atoms with Crippen LogP contribution >= 0.6 is 0 Å². The van der Waals surface area contributed by atoms with Crippen molar-refractivity contribution in [2.75, 3.05) is 27.9 Å². The van der Waals surface area contributed by atoms with Gasteiger partial charge >= 0.3 is 0 Å². The number of ether oxygens (including phenoxy) is 4. The zero-order chi connectivity index (χ0) is 19.0. The lowest BCUT2D eigenvalue weighted by Gasteiger charge is -2.31. The molecule has 140 valence electrons. The summed E-state index contributed by atoms with van der Waals surface area (Å²) < 4.78 is 20.9. The SMILES string of the molecule is COc1cc2c(cc1O)OC[C@H](c1cc(O)c(OC)c(OC)c1O)[C@H]2O. The fourth-order valence-corrected chi connectivity index (χ4v) is 3.14. The Bertz CT molecular complexity index is 833. The van der Waals surface area contributed by atoms with E-state index in [9.17, 15) is 20.4 Å². The van der Waals surface area contributed by atoms with Crippen molar-refractivity contribution in [2.24, 2.45) is 0 Å². The lowest BCUT2D eigenvalue weighted by atomic mass is 9.86. The Morgan fingerprint density at radius 2 is 1.58 bits per heavy atom. The first-order chi connectivity index (χ1) is 12.4. The maximum Gasteiger partial charge on any atom is 0.207 e. The first-order valence-corrected chi connectivity index (χ1v) is 7.81. The largest absolute Gasteiger partial charge is 0.504 e. The van der Waals surface area contributed by atoms with Crippen LogP contribution in [0, 0.1) is 0 Å². The van der Waals surface area contributed by atoms with Crippen LogP contribution < -0.4 is 18.9 Å². The van der Waals surface area contributed by atoms with Crippen LogP contribution in [-0.2, 0) is 0 Å². The molecule has 0 fully saturated rings. The molecule has 4 N–H and O–H groups in total. The fraction of sp³-hybridized carbons (Fsp3) is 0.333. The second-order valence-electron chi connectivity index (χ2n) is 5.82. The van der Waals surface area contributed by atoms with Crippen LogP contribution in [0.1, 0.15) is 23.1 Å². The summed E-state index contributed by atoms with van der Waals surface area (Å²) in [6.07, 6.45) is -1.07. The maximum atomic E-state index is 10.8. The van der Waals surface area contributed by atoms with E-state index < -0.39 is 12.0 Å². The van der Waals surface area contributed by atoms with Crippen LogP contribution in [0.2, 0.25) is 0 Å². The number of phenols is 3. The number of hydrogen-bond acceptors (Lipinski definition) is 8. The molecule has 0 saturated carbocycles. The van der Waals surface area contributed by atoms with Crippen molar-refractivity contribution in [3.8, 4) is 40.2 Å². The summed E-state index contributed by atoms with van der Waals surface area (Å²) in [5.41, 5.74) is 0.634. The van der Waals surface area contributed by atoms with Crippen molar-refractivity contribution in [3.05, 3.63) is 29.3 Å². The normalized spacial score (nSPS) is 18.6. The van der Waals surface area contributed by atoms with Gasteiger partial charge in [-0.3, -0.25) is 0 Å². The van der Waals surface area contributed by atoms with E-state index in [0.717, 1.165) is 0 Å². The molecule has 0 amide bonds. The van der Waals surface area contributed by atoms with Gasteiger partial charge in [-0.2, -0.15) is 0 Å². The number of benzene rings is 2. The average Bonchev–Trinajstić information content (AvgIpc) is 2.63. The molecule has 2 aromatic rings. The van der Waals surface area contributed by atoms with E-state index >= 15 is 0 Å². The van der Waals surface area contributed by atoms with Gasteiger partial charge in [-0.25, -0.2) is 0 Å². The van der Waals surface area contributed by atoms with Crippen LogP contribution in [0.3, 0.4) is 0 Å². The Balaban J connectivity index is 2.08. The maximum absolute atomic E-state index is 10.8. The number of aromatic hydroxyl groups is 3. The summed E-state index contributed by atoms with van der Waals surface area (Å²) in [7, 11) is 4.06. The summed E-state index contributed by atoms with van der Waals surface area (Å²) in [6, 6.07) is 4.13. The smallest absolute Gasteiger partial charge is 0.207 e. The van der Waals surface area contributed by atoms with Crippen LogP contribution in [0.5, 0.6) is 40.2 Å². The van der Waals surface area contributed by atoms with Gasteiger partial charge in [0.05, 0.1) is 40.0 Å². The molecule has 2 atom stereocenters. The average molecular weight is 364 g/mol. The predicted molar refractivity (Wildman–Crippen MR) is 90.7 cm³/mol. The molecule has 0 spiro atoms. The number of aliphatic hydroxyl groups excluding tert-OH is 1. The fourth-order valence-electron chi connectivity index (χ4n) is 3.14. The zero-order valence-corrected chi connectivity index (χ0v) is 14.5. The highest BCUT2D eigenvalue weighted by atomic mass is 16.5. The van der Waals surface area contributed by atoms with Gasteiger partial charge in [0.1, 0.15) is 5.75 Å². The summed E-state index contributed by atoms with van der Waals surface area (Å²) in [5.74, 6) is -0.841. The molecule has 1 heterocycles. The minimum atomic E-state index is -1.07. The Kier molecular flexibility index (Phi) is 4.60. The zero-order valence-electron chi connectivity index (χ0n) is 14.5. The van der Waals surface area contributed by atoms with E-state index in [1.54, 1.807) is 0 Å². The van der Waals surface area contributed by atoms with E-state index in [4.69, 9.17) is 18.9 Å². The molecule has 2 aromatic carbocycles. The second-order valence-corrected chi connectivity index (χ2v) is 5.82. The molecular formula is C18H20O8. The molecule has 1 aliphatic heterocycles. The molecule has 0 radical (unpaired) electrons. The van der Waals surface area contributed by atoms with Crippen molar-refractivity contribution in [1.82, 2.24) is 0 Å². The summed E-state index contributed by atoms with van der Waals surface area (Å²) in [5, 5.41) is 41.4. The van der Waals surface area contributed by atoms with Gasteiger partial charge in [0.15, 0.2) is 23.0 Å². The quantitative estimate of drug-likeness (QED) is 0.609. The van der Waals surface area contributed by atoms with Crippen LogP contribution in [-0.4, -0.2) is 48.4 Å². The Hall–Kier alpha value is -3.00. The van der Waals surface area contributed by atoms with Gasteiger partial charge < -0.3 is 39.4 Å². The van der Waals surface area contributed by atoms with Crippen LogP contribution in [0.25, 0.3) is 0 Å². The van der Waals surface area contributed by atoms with Crippen molar-refractivity contribution >= 4 is 0 Å². The molecule has 0 aromatic heterocycles. The van der Waals surface area contributed by atoms with Crippen molar-refractivity contribution in [3.63, 3.8) is 0 Å². The van der Waals surface area contributed by atoms with Gasteiger partial charge in [-0.1, -0.05) is 0 Å². The highest BCUT2D eigenvalue weighted by molar-refractivity contribution is 5.63. The minimum Gasteiger partial charge on any atom is -0.504 e. The molecule has 3 rings (SSSR count). The van der Waals surface area contributed by atoms with Crippen molar-refractivity contribution in [1.29, 1.82) is 0 Å². The highest BCUT2D eigenvalue weighted by Crippen LogP contribution is 2.52. The van der Waals surface area contributed by atoms with E-state index in [2.05, 4.69) is 0 Å². The molecule has 8 nitrogen and oxygen atoms in total. The number of aliphatic hydroxyl groups is 1. The molecule has 0 saturated heterocycles. The Morgan fingerprint density at radius 1 is 0.885 bits per heavy atom. The van der Waals surface area contributed by atoms with Gasteiger partial charge in [0, 0.05) is 17.2 Å². The van der Waals surface area contributed by atoms with Crippen molar-refractivity contribution in [2.45, 2.75) is 12.0 Å². The Morgan fingerprint density at radius 3 is 2.19 bits per heavy atom. The summed E-state index contributed by atoms with van der Waals surface area (Å²) >= 11 is 0. The monoisotopic (exact) mass is 364 g/mol. The predicted octanol–water partition coefficient (Wildman–Crippen LogP) is 2.04. The molecule has 8 heteroatoms. The van der Waals surface area contributed by atoms with E-state index in [-0.39, 0.29) is 46.7 Å². The van der Waals surface area contributed by atoms with Gasteiger partial charge in [0.2, 0.25) is 11.5 Å². The minimum absolute atomic E-state index is 0.00745. The third-order valence-electron chi connectivity index (χ3n) is 4.46. The summed E-state index contributed by atoms with van der Waals surface area (Å²) in [6.45, 7) is 0.0163. The number of hydrogen-bond donors (Lipinski definition) is 4. The first-order valence-electron chi connectivity index (χ1n) is 7.81. The number of phenolic OH excluding ortho intramolecular Hbond substituents is 3. The van der Waals surface area contributed by atoms with E-state index in [0.29, 0.717) is 11.3 Å². The number of rotatable bonds is 4. The first kappa shape index (κ1) is 17.8. The molecule has 0 bridgehead atoms. The highest BCUT2D eigenvalue weighted by Gasteiger charge is 2.35. The molecule has 0 aliphatic carbocycles. The van der Waals surface area contributed by atoms with Crippen LogP contribution in [0.15, 0.2) is 18.2 Å². The Labute approximate surface area is 149 Å². The molecule has 0 unspecified atom stereocenters. The van der Waals surface area contributed by atoms with Crippen molar-refractivity contribution < 1.29 is 39.4 Å². The van der Waals surface area contributed by atoms with E-state index in [1.807, 2.05) is 0 Å². The number of methoxy groups -OCH3 is 3. The molecular weight excluding hydrogens is 344 g/mol. The third-order valence-corrected chi connectivity index (χ3v) is 4.46. The van der Waals surface area contributed by atoms with Crippen LogP contribution in [0.4, 0.5) is 0 Å². The molecule has 1 aliphatic rings. The van der Waals surface area contributed by atoms with Gasteiger partial charge in [0.25, 0.3) is 0 Å². The third kappa shape index (κ3) is 2.68. The number of fused-ring (bicyclic) bond motifs is 1. The van der Waals surface area contributed by atoms with Gasteiger partial charge in [-0.05, 0) is 12.1 Å².